The van der Waals surface area contributed by atoms with Gasteiger partial charge in [-0.15, -0.1) is 0 Å². The molecule has 0 bridgehead atoms. The van der Waals surface area contributed by atoms with Gasteiger partial charge in [0.15, 0.2) is 0 Å². The van der Waals surface area contributed by atoms with Gasteiger partial charge in [-0.05, 0) is 130 Å². The summed E-state index contributed by atoms with van der Waals surface area (Å²) in [6.45, 7) is 0.483. The number of amides is 12. The number of carbonyl (C=O) groups is 12. The Morgan fingerprint density at radius 1 is 0.244 bits per heavy atom. The summed E-state index contributed by atoms with van der Waals surface area (Å²) >= 11 is 0. The molecule has 27 heteroatoms. The molecule has 9 aromatic rings. The summed E-state index contributed by atoms with van der Waals surface area (Å²) in [5.41, 5.74) is 5.31. The van der Waals surface area contributed by atoms with Crippen LogP contribution < -0.4 is 47.9 Å². The van der Waals surface area contributed by atoms with Gasteiger partial charge in [0.05, 0.1) is 0 Å². The maximum atomic E-state index is 17.6. The van der Waals surface area contributed by atoms with Gasteiger partial charge in [0, 0.05) is 83.0 Å². The number of rotatable bonds is 20. The van der Waals surface area contributed by atoms with Crippen LogP contribution >= 0.6 is 0 Å². The monoisotopic (exact) mass is 1660 g/mol. The fourth-order valence-electron chi connectivity index (χ4n) is 17.7. The molecule has 6 heterocycles. The zero-order valence-electron chi connectivity index (χ0n) is 67.5. The lowest BCUT2D eigenvalue weighted by Crippen LogP contribution is -2.62. The number of halogens is 3. The lowest BCUT2D eigenvalue weighted by molar-refractivity contribution is -0.143. The smallest absolute Gasteiger partial charge is 0.246 e. The Balaban J connectivity index is 0.709. The summed E-state index contributed by atoms with van der Waals surface area (Å²) in [7, 11) is 0. The summed E-state index contributed by atoms with van der Waals surface area (Å²) < 4.78 is 49.4. The molecule has 6 aliphatic heterocycles. The van der Waals surface area contributed by atoms with Crippen molar-refractivity contribution in [2.75, 3.05) is 19.6 Å². The Bertz CT molecular complexity index is 5460. The summed E-state index contributed by atoms with van der Waals surface area (Å²) in [6, 6.07) is 48.1. The van der Waals surface area contributed by atoms with Crippen LogP contribution in [0.2, 0.25) is 0 Å². The van der Waals surface area contributed by atoms with E-state index in [0.29, 0.717) is 64.6 Å². The lowest BCUT2D eigenvalue weighted by Gasteiger charge is -2.33. The molecule has 12 amide bonds. The average molecular weight is 1670 g/mol. The predicted octanol–water partition coefficient (Wildman–Crippen LogP) is 6.90. The number of nitrogens with zero attached hydrogens (tertiary/aromatic N) is 3. The topological polar surface area (TPSA) is 323 Å². The summed E-state index contributed by atoms with van der Waals surface area (Å²) in [5.74, 6) is -10.1. The summed E-state index contributed by atoms with van der Waals surface area (Å²) in [6.07, 6.45) is 0.815. The Morgan fingerprint density at radius 2 is 0.537 bits per heavy atom. The van der Waals surface area contributed by atoms with E-state index < -0.39 is 167 Å². The van der Waals surface area contributed by atoms with Crippen molar-refractivity contribution in [1.29, 1.82) is 0 Å². The van der Waals surface area contributed by atoms with E-state index in [1.54, 1.807) is 152 Å². The molecule has 9 aromatic carbocycles. The van der Waals surface area contributed by atoms with Crippen molar-refractivity contribution in [3.63, 3.8) is 0 Å². The molecule has 6 aliphatic rings. The molecule has 632 valence electrons. The van der Waals surface area contributed by atoms with Gasteiger partial charge in [0.25, 0.3) is 0 Å². The van der Waals surface area contributed by atoms with Crippen LogP contribution in [0, 0.1) is 17.5 Å². The minimum Gasteiger partial charge on any atom is -0.342 e. The average Bonchev–Trinajstić information content (AvgIpc) is 1.76. The third-order valence-electron chi connectivity index (χ3n) is 24.1. The minimum atomic E-state index is -1.64. The molecule has 0 spiro atoms. The standard InChI is InChI=1S/C96H95F3N12O12/c97-67-40-35-61(36-41-67)50-73-88(115)107-80(95(122)110-44-18-33-83(110)92(119)103-74(85(112)100-73)47-57-20-5-1-6-21-57)54-63-28-13-15-30-68(63)65-38-39-66(71(98)53-65)56-78-90(117)108-81(96(123)111-45-19-34-84(111)93(120)105-76(87(114)102-78)49-59-24-9-3-10-25-59)55-64-29-14-16-31-69(64)70-42-37-62(46-72(70)99)52-77-89(116)106-79(51-60-26-11-4-12-27-60)94(121)109-43-17-32-82(109)91(118)104-75(86(113)101-77)48-58-22-7-2-8-23-58/h1-16,20-31,35-42,46,53,73-84H,17-19,32-34,43-45,47-52,54-56H2,(H,100,112)(H,101,113)(H,102,114)(H,103,119)(H,104,118)(H,105,120)(H,106,116)(H,107,115)(H,108,117)/t73-,74+,75+,76+,77-,78-,79+,80+,81+,82-,83-,84-/m1/s1. The number of hydrogen-bond acceptors (Lipinski definition) is 12. The van der Waals surface area contributed by atoms with Crippen LogP contribution in [0.25, 0.3) is 22.3 Å². The van der Waals surface area contributed by atoms with E-state index in [-0.39, 0.29) is 106 Å². The van der Waals surface area contributed by atoms with E-state index in [9.17, 15) is 42.7 Å². The first-order chi connectivity index (χ1) is 59.6. The molecule has 0 radical (unpaired) electrons. The molecule has 6 fully saturated rings. The highest BCUT2D eigenvalue weighted by Crippen LogP contribution is 2.33. The van der Waals surface area contributed by atoms with Crippen LogP contribution in [0.3, 0.4) is 0 Å². The highest BCUT2D eigenvalue weighted by Gasteiger charge is 2.46. The van der Waals surface area contributed by atoms with E-state index in [2.05, 4.69) is 47.9 Å². The van der Waals surface area contributed by atoms with E-state index >= 15 is 28.0 Å². The molecule has 15 rings (SSSR count). The molecule has 6 saturated heterocycles. The molecule has 24 nitrogen and oxygen atoms in total. The fraction of sp³-hybridized carbons (Fsp3) is 0.312. The normalized spacial score (nSPS) is 23.8. The third kappa shape index (κ3) is 20.2. The van der Waals surface area contributed by atoms with Crippen LogP contribution in [0.1, 0.15) is 88.6 Å². The SMILES string of the molecule is O=C1N[C@H](Cc2ccc(-c3ccccc3C[C@@H]3NC(=O)[C@@H](Cc4ccc(-c5ccccc5C[C@@H]5NC(=O)[C@@H](Cc6ccc(F)cc6)NC(=O)[C@H](Cc6ccccc6)NC(=O)[C@H]6CCCN6C5=O)cc4F)NC(=O)[C@H](Cc4ccccc4)NC(=O)[C@H]4CCCN4C3=O)c(F)c2)C(=O)N[C@@H](Cc2ccccc2)C(=O)N2CCC[C@@H]2C(=O)N[C@H]1Cc1ccccc1. The van der Waals surface area contributed by atoms with Crippen molar-refractivity contribution in [1.82, 2.24) is 62.6 Å². The second-order valence-electron chi connectivity index (χ2n) is 32.5. The largest absolute Gasteiger partial charge is 0.342 e. The van der Waals surface area contributed by atoms with Gasteiger partial charge in [0.1, 0.15) is 90.0 Å². The highest BCUT2D eigenvalue weighted by atomic mass is 19.1. The zero-order valence-corrected chi connectivity index (χ0v) is 67.5. The van der Waals surface area contributed by atoms with Gasteiger partial charge in [-0.3, -0.25) is 57.5 Å². The Hall–Kier alpha value is -13.6. The summed E-state index contributed by atoms with van der Waals surface area (Å²) in [4.78, 5) is 182. The van der Waals surface area contributed by atoms with E-state index in [1.165, 1.54) is 63.2 Å². The molecule has 0 saturated carbocycles. The van der Waals surface area contributed by atoms with Gasteiger partial charge >= 0.3 is 0 Å². The number of carbonyl (C=O) groups excluding carboxylic acids is 12. The van der Waals surface area contributed by atoms with Crippen LogP contribution in [-0.4, -0.2) is 178 Å². The first-order valence-corrected chi connectivity index (χ1v) is 41.9. The van der Waals surface area contributed by atoms with E-state index in [1.807, 2.05) is 30.3 Å². The molecule has 12 atom stereocenters. The molecule has 123 heavy (non-hydrogen) atoms. The molecule has 0 aromatic heterocycles. The number of benzene rings is 9. The van der Waals surface area contributed by atoms with Gasteiger partial charge in [0.2, 0.25) is 70.9 Å². The Labute approximate surface area is 709 Å². The lowest BCUT2D eigenvalue weighted by atomic mass is 9.92. The Morgan fingerprint density at radius 3 is 0.919 bits per heavy atom. The van der Waals surface area contributed by atoms with Crippen molar-refractivity contribution in [3.8, 4) is 22.3 Å². The minimum absolute atomic E-state index is 0.0344. The first-order valence-electron chi connectivity index (χ1n) is 41.9. The van der Waals surface area contributed by atoms with Crippen LogP contribution in [0.15, 0.2) is 231 Å². The fourth-order valence-corrected chi connectivity index (χ4v) is 17.7. The second kappa shape index (κ2) is 38.4. The number of hydrogen-bond donors (Lipinski definition) is 9. The van der Waals surface area contributed by atoms with Crippen molar-refractivity contribution in [3.05, 3.63) is 298 Å². The zero-order chi connectivity index (χ0) is 85.8. The van der Waals surface area contributed by atoms with Crippen LogP contribution in [-0.2, 0) is 115 Å². The summed E-state index contributed by atoms with van der Waals surface area (Å²) in [5, 5.41) is 25.9. The first kappa shape index (κ1) is 84.4. The van der Waals surface area contributed by atoms with Crippen molar-refractivity contribution in [2.45, 2.75) is 169 Å². The van der Waals surface area contributed by atoms with Crippen molar-refractivity contribution < 1.29 is 70.7 Å². The van der Waals surface area contributed by atoms with Gasteiger partial charge in [-0.1, -0.05) is 206 Å². The maximum Gasteiger partial charge on any atom is 0.246 e. The predicted molar refractivity (Wildman–Crippen MR) is 451 cm³/mol. The second-order valence-corrected chi connectivity index (χ2v) is 32.5. The Kier molecular flexibility index (Phi) is 26.4. The molecule has 0 aliphatic carbocycles. The molecular formula is C96H95F3N12O12. The highest BCUT2D eigenvalue weighted by molar-refractivity contribution is 6.01. The van der Waals surface area contributed by atoms with Gasteiger partial charge in [-0.25, -0.2) is 13.2 Å². The molecule has 0 unspecified atom stereocenters. The van der Waals surface area contributed by atoms with Crippen LogP contribution in [0.4, 0.5) is 13.2 Å². The number of fused-ring (bicyclic) bond motifs is 3. The van der Waals surface area contributed by atoms with E-state index in [4.69, 9.17) is 0 Å². The quantitative estimate of drug-likeness (QED) is 0.0376. The van der Waals surface area contributed by atoms with Crippen LogP contribution in [0.5, 0.6) is 0 Å². The van der Waals surface area contributed by atoms with Gasteiger partial charge in [-0.2, -0.15) is 0 Å². The number of nitrogens with one attached hydrogen (secondary N) is 9. The van der Waals surface area contributed by atoms with Gasteiger partial charge < -0.3 is 62.6 Å². The van der Waals surface area contributed by atoms with E-state index in [0.717, 1.165) is 11.1 Å². The molecule has 9 N–H and O–H groups in total. The third-order valence-corrected chi connectivity index (χ3v) is 24.1. The maximum absolute atomic E-state index is 17.6. The molecular weight excluding hydrogens is 1570 g/mol. The van der Waals surface area contributed by atoms with Crippen molar-refractivity contribution >= 4 is 70.9 Å². The van der Waals surface area contributed by atoms with Crippen molar-refractivity contribution in [2.24, 2.45) is 0 Å².